The lowest BCUT2D eigenvalue weighted by Crippen LogP contribution is -2.39. The monoisotopic (exact) mass is 250 g/mol. The fourth-order valence-electron chi connectivity index (χ4n) is 2.08. The lowest BCUT2D eigenvalue weighted by Gasteiger charge is -2.29. The van der Waals surface area contributed by atoms with Gasteiger partial charge in [-0.25, -0.2) is 4.98 Å². The van der Waals surface area contributed by atoms with Gasteiger partial charge in [0.2, 0.25) is 0 Å². The minimum Gasteiger partial charge on any atom is -0.360 e. The van der Waals surface area contributed by atoms with E-state index in [0.29, 0.717) is 18.4 Å². The van der Waals surface area contributed by atoms with Crippen molar-refractivity contribution >= 4 is 5.82 Å². The summed E-state index contributed by atoms with van der Waals surface area (Å²) in [6, 6.07) is 0.378. The number of nitrogens with one attached hydrogen (secondary N) is 1. The Morgan fingerprint density at radius 1 is 1.61 bits per heavy atom. The third kappa shape index (κ3) is 2.72. The van der Waals surface area contributed by atoms with Gasteiger partial charge in [-0.3, -0.25) is 4.79 Å². The summed E-state index contributed by atoms with van der Waals surface area (Å²) < 4.78 is 1.79. The first-order chi connectivity index (χ1) is 8.59. The van der Waals surface area contributed by atoms with Crippen LogP contribution in [0.1, 0.15) is 45.6 Å². The van der Waals surface area contributed by atoms with Gasteiger partial charge >= 0.3 is 0 Å². The highest BCUT2D eigenvalue weighted by Crippen LogP contribution is 2.33. The largest absolute Gasteiger partial charge is 0.360 e. The summed E-state index contributed by atoms with van der Waals surface area (Å²) in [5.41, 5.74) is 5.45. The third-order valence-electron chi connectivity index (χ3n) is 3.70. The van der Waals surface area contributed by atoms with Gasteiger partial charge in [-0.15, -0.1) is 0 Å². The van der Waals surface area contributed by atoms with E-state index in [1.165, 1.54) is 0 Å². The van der Waals surface area contributed by atoms with E-state index in [-0.39, 0.29) is 11.1 Å². The molecule has 0 saturated heterocycles. The molecule has 0 bridgehead atoms. The van der Waals surface area contributed by atoms with Crippen molar-refractivity contribution in [3.8, 4) is 0 Å². The number of hydrogen-bond acceptors (Lipinski definition) is 4. The Kier molecular flexibility index (Phi) is 3.71. The average Bonchev–Trinajstić information content (AvgIpc) is 3.16. The summed E-state index contributed by atoms with van der Waals surface area (Å²) >= 11 is 0. The Balaban J connectivity index is 2.23. The SMILES string of the molecule is CCC(C)(CCN)Nc1nccn(C2CC2)c1=O. The first kappa shape index (κ1) is 13.1. The summed E-state index contributed by atoms with van der Waals surface area (Å²) in [6.45, 7) is 4.77. The second-order valence-electron chi connectivity index (χ2n) is 5.30. The summed E-state index contributed by atoms with van der Waals surface area (Å²) in [5.74, 6) is 0.446. The van der Waals surface area contributed by atoms with Crippen LogP contribution in [-0.2, 0) is 0 Å². The molecule has 1 aliphatic rings. The normalized spacial score (nSPS) is 18.4. The van der Waals surface area contributed by atoms with Crippen LogP contribution < -0.4 is 16.6 Å². The van der Waals surface area contributed by atoms with Gasteiger partial charge in [0.25, 0.3) is 5.56 Å². The molecule has 2 rings (SSSR count). The molecule has 1 heterocycles. The maximum atomic E-state index is 12.3. The Labute approximate surface area is 107 Å². The Morgan fingerprint density at radius 3 is 2.89 bits per heavy atom. The van der Waals surface area contributed by atoms with Gasteiger partial charge in [0, 0.05) is 24.0 Å². The standard InChI is InChI=1S/C13H22N4O/c1-3-13(2,6-7-14)16-11-12(18)17(9-8-15-11)10-4-5-10/h8-10H,3-7,14H2,1-2H3,(H,15,16). The van der Waals surface area contributed by atoms with Crippen LogP contribution in [0.5, 0.6) is 0 Å². The molecular weight excluding hydrogens is 228 g/mol. The van der Waals surface area contributed by atoms with E-state index >= 15 is 0 Å². The molecule has 100 valence electrons. The van der Waals surface area contributed by atoms with Gasteiger partial charge < -0.3 is 15.6 Å². The second-order valence-corrected chi connectivity index (χ2v) is 5.30. The van der Waals surface area contributed by atoms with Gasteiger partial charge in [-0.05, 0) is 39.2 Å². The van der Waals surface area contributed by atoms with Crippen molar-refractivity contribution in [2.45, 2.75) is 51.1 Å². The van der Waals surface area contributed by atoms with Gasteiger partial charge in [0.1, 0.15) is 0 Å². The third-order valence-corrected chi connectivity index (χ3v) is 3.70. The lowest BCUT2D eigenvalue weighted by molar-refractivity contribution is 0.460. The zero-order valence-electron chi connectivity index (χ0n) is 11.1. The fourth-order valence-corrected chi connectivity index (χ4v) is 2.08. The molecule has 0 radical (unpaired) electrons. The summed E-state index contributed by atoms with van der Waals surface area (Å²) in [4.78, 5) is 16.4. The molecule has 5 nitrogen and oxygen atoms in total. The maximum absolute atomic E-state index is 12.3. The summed E-state index contributed by atoms with van der Waals surface area (Å²) in [6.07, 6.45) is 7.39. The molecule has 1 aliphatic carbocycles. The van der Waals surface area contributed by atoms with Crippen molar-refractivity contribution in [1.82, 2.24) is 9.55 Å². The smallest absolute Gasteiger partial charge is 0.293 e. The highest BCUT2D eigenvalue weighted by Gasteiger charge is 2.27. The quantitative estimate of drug-likeness (QED) is 0.802. The first-order valence-corrected chi connectivity index (χ1v) is 6.65. The van der Waals surface area contributed by atoms with E-state index in [1.54, 1.807) is 17.0 Å². The Morgan fingerprint density at radius 2 is 2.33 bits per heavy atom. The van der Waals surface area contributed by atoms with Crippen molar-refractivity contribution in [2.24, 2.45) is 5.73 Å². The minimum atomic E-state index is -0.163. The molecule has 0 aliphatic heterocycles. The predicted molar refractivity (Wildman–Crippen MR) is 72.8 cm³/mol. The van der Waals surface area contributed by atoms with Crippen molar-refractivity contribution in [3.05, 3.63) is 22.7 Å². The predicted octanol–water partition coefficient (Wildman–Crippen LogP) is 1.51. The van der Waals surface area contributed by atoms with Crippen LogP contribution >= 0.6 is 0 Å². The van der Waals surface area contributed by atoms with Gasteiger partial charge in [0.05, 0.1) is 0 Å². The van der Waals surface area contributed by atoms with E-state index in [2.05, 4.69) is 24.1 Å². The maximum Gasteiger partial charge on any atom is 0.293 e. The van der Waals surface area contributed by atoms with E-state index in [0.717, 1.165) is 25.7 Å². The van der Waals surface area contributed by atoms with Crippen molar-refractivity contribution < 1.29 is 0 Å². The summed E-state index contributed by atoms with van der Waals surface area (Å²) in [7, 11) is 0. The van der Waals surface area contributed by atoms with E-state index in [1.807, 2.05) is 0 Å². The van der Waals surface area contributed by atoms with Crippen LogP contribution in [-0.4, -0.2) is 21.6 Å². The molecule has 1 fully saturated rings. The Hall–Kier alpha value is -1.36. The van der Waals surface area contributed by atoms with Crippen LogP contribution in [0.3, 0.4) is 0 Å². The van der Waals surface area contributed by atoms with E-state index in [9.17, 15) is 4.79 Å². The molecular formula is C13H22N4O. The van der Waals surface area contributed by atoms with Crippen LogP contribution in [0.15, 0.2) is 17.2 Å². The van der Waals surface area contributed by atoms with E-state index < -0.39 is 0 Å². The number of rotatable bonds is 6. The highest BCUT2D eigenvalue weighted by molar-refractivity contribution is 5.35. The minimum absolute atomic E-state index is 0.0169. The van der Waals surface area contributed by atoms with Gasteiger partial charge in [0.15, 0.2) is 5.82 Å². The topological polar surface area (TPSA) is 72.9 Å². The molecule has 1 atom stereocenters. The number of anilines is 1. The molecule has 0 amide bonds. The molecule has 0 spiro atoms. The van der Waals surface area contributed by atoms with Crippen molar-refractivity contribution in [1.29, 1.82) is 0 Å². The molecule has 18 heavy (non-hydrogen) atoms. The Bertz CT molecular complexity index is 466. The van der Waals surface area contributed by atoms with Crippen LogP contribution in [0.25, 0.3) is 0 Å². The summed E-state index contributed by atoms with van der Waals surface area (Å²) in [5, 5.41) is 3.27. The van der Waals surface area contributed by atoms with E-state index in [4.69, 9.17) is 5.73 Å². The van der Waals surface area contributed by atoms with Gasteiger partial charge in [-0.2, -0.15) is 0 Å². The molecule has 5 heteroatoms. The average molecular weight is 250 g/mol. The van der Waals surface area contributed by atoms with Crippen LogP contribution in [0.2, 0.25) is 0 Å². The zero-order valence-corrected chi connectivity index (χ0v) is 11.1. The lowest BCUT2D eigenvalue weighted by atomic mass is 9.94. The second kappa shape index (κ2) is 5.10. The molecule has 0 aromatic carbocycles. The molecule has 1 unspecified atom stereocenters. The molecule has 3 N–H and O–H groups in total. The van der Waals surface area contributed by atoms with Gasteiger partial charge in [-0.1, -0.05) is 6.92 Å². The number of nitrogens with zero attached hydrogens (tertiary/aromatic N) is 2. The number of aromatic nitrogens is 2. The number of nitrogens with two attached hydrogens (primary N) is 1. The van der Waals surface area contributed by atoms with Crippen LogP contribution in [0.4, 0.5) is 5.82 Å². The molecule has 1 aromatic heterocycles. The van der Waals surface area contributed by atoms with Crippen molar-refractivity contribution in [3.63, 3.8) is 0 Å². The highest BCUT2D eigenvalue weighted by atomic mass is 16.1. The molecule has 1 aromatic rings. The molecule has 1 saturated carbocycles. The van der Waals surface area contributed by atoms with Crippen LogP contribution in [0, 0.1) is 0 Å². The first-order valence-electron chi connectivity index (χ1n) is 6.65. The number of hydrogen-bond donors (Lipinski definition) is 2. The fraction of sp³-hybridized carbons (Fsp3) is 0.692. The zero-order chi connectivity index (χ0) is 13.2. The van der Waals surface area contributed by atoms with Crippen molar-refractivity contribution in [2.75, 3.05) is 11.9 Å².